The van der Waals surface area contributed by atoms with E-state index < -0.39 is 6.67 Å². The number of nitrogens with one attached hydrogen (secondary N) is 1. The van der Waals surface area contributed by atoms with Crippen LogP contribution in [0.1, 0.15) is 40.5 Å². The molecule has 2 heterocycles. The molecule has 0 atom stereocenters. The molecule has 1 aliphatic rings. The molecule has 29 heavy (non-hydrogen) atoms. The van der Waals surface area contributed by atoms with Gasteiger partial charge in [-0.25, -0.2) is 4.39 Å². The Bertz CT molecular complexity index is 840. The number of phenols is 1. The van der Waals surface area contributed by atoms with Gasteiger partial charge in [-0.2, -0.15) is 5.10 Å². The van der Waals surface area contributed by atoms with Crippen LogP contribution in [0.3, 0.4) is 0 Å². The first-order chi connectivity index (χ1) is 13.7. The number of halogens is 1. The van der Waals surface area contributed by atoms with Crippen molar-refractivity contribution in [1.29, 1.82) is 0 Å². The van der Waals surface area contributed by atoms with Crippen LogP contribution in [0.2, 0.25) is 0 Å². The van der Waals surface area contributed by atoms with Crippen LogP contribution < -0.4 is 15.0 Å². The number of phenolic OH excluding ortho intramolecular Hbond substituents is 1. The van der Waals surface area contributed by atoms with Crippen molar-refractivity contribution in [2.24, 2.45) is 0 Å². The van der Waals surface area contributed by atoms with E-state index in [1.54, 1.807) is 31.5 Å². The first-order valence-corrected chi connectivity index (χ1v) is 9.97. The number of aromatic nitrogens is 2. The van der Waals surface area contributed by atoms with Gasteiger partial charge in [0.2, 0.25) is 0 Å². The summed E-state index contributed by atoms with van der Waals surface area (Å²) in [7, 11) is 1.56. The normalized spacial score (nSPS) is 18.4. The van der Waals surface area contributed by atoms with Crippen LogP contribution in [0, 0.1) is 0 Å². The molecule has 7 heteroatoms. The molecular weight excluding hydrogens is 371 g/mol. The number of nitrogens with zero attached hydrogens (tertiary/aromatic N) is 3. The number of piperidine rings is 1. The van der Waals surface area contributed by atoms with E-state index in [0.717, 1.165) is 24.0 Å². The van der Waals surface area contributed by atoms with Crippen LogP contribution in [0.5, 0.6) is 11.5 Å². The lowest BCUT2D eigenvalue weighted by Gasteiger charge is -2.50. The van der Waals surface area contributed by atoms with Gasteiger partial charge in [-0.15, -0.1) is 5.10 Å². The fourth-order valence-corrected chi connectivity index (χ4v) is 4.69. The van der Waals surface area contributed by atoms with Gasteiger partial charge in [0.25, 0.3) is 0 Å². The summed E-state index contributed by atoms with van der Waals surface area (Å²) in [5.74, 6) is 1.29. The largest absolute Gasteiger partial charge is 0.508 e. The van der Waals surface area contributed by atoms with Crippen molar-refractivity contribution in [3.05, 3.63) is 30.5 Å². The summed E-state index contributed by atoms with van der Waals surface area (Å²) in [6.07, 6.45) is 3.34. The molecule has 0 radical (unpaired) electrons. The zero-order valence-electron chi connectivity index (χ0n) is 17.9. The Morgan fingerprint density at radius 3 is 2.48 bits per heavy atom. The van der Waals surface area contributed by atoms with Gasteiger partial charge in [-0.3, -0.25) is 0 Å². The van der Waals surface area contributed by atoms with E-state index in [1.165, 1.54) is 0 Å². The molecular formula is C22H31FN4O2. The van der Waals surface area contributed by atoms with E-state index in [1.807, 2.05) is 11.0 Å². The van der Waals surface area contributed by atoms with E-state index in [-0.39, 0.29) is 29.4 Å². The SMILES string of the molecule is COc1cc(O)ccc1-c1ccnnc1N(CCF)C1CC(C)(C)NC(C)(C)C1. The molecule has 3 rings (SSSR count). The fourth-order valence-electron chi connectivity index (χ4n) is 4.69. The number of hydrogen-bond donors (Lipinski definition) is 2. The number of methoxy groups -OCH3 is 1. The van der Waals surface area contributed by atoms with E-state index in [4.69, 9.17) is 4.74 Å². The average Bonchev–Trinajstić information content (AvgIpc) is 2.63. The Balaban J connectivity index is 2.08. The summed E-state index contributed by atoms with van der Waals surface area (Å²) in [6.45, 7) is 8.46. The summed E-state index contributed by atoms with van der Waals surface area (Å²) in [6, 6.07) is 6.93. The molecule has 158 valence electrons. The van der Waals surface area contributed by atoms with Gasteiger partial charge in [0.05, 0.1) is 13.3 Å². The molecule has 6 nitrogen and oxygen atoms in total. The Labute approximate surface area is 172 Å². The predicted octanol–water partition coefficient (Wildman–Crippen LogP) is 3.94. The van der Waals surface area contributed by atoms with Crippen molar-refractivity contribution < 1.29 is 14.2 Å². The second-order valence-corrected chi connectivity index (χ2v) is 8.99. The molecule has 0 unspecified atom stereocenters. The number of anilines is 1. The molecule has 0 amide bonds. The number of benzene rings is 1. The molecule has 1 fully saturated rings. The van der Waals surface area contributed by atoms with Gasteiger partial charge in [0.1, 0.15) is 18.2 Å². The number of hydrogen-bond acceptors (Lipinski definition) is 6. The molecule has 0 saturated carbocycles. The van der Waals surface area contributed by atoms with Crippen molar-refractivity contribution in [1.82, 2.24) is 15.5 Å². The van der Waals surface area contributed by atoms with E-state index in [2.05, 4.69) is 43.2 Å². The summed E-state index contributed by atoms with van der Waals surface area (Å²) >= 11 is 0. The Kier molecular flexibility index (Phi) is 5.98. The lowest BCUT2D eigenvalue weighted by molar-refractivity contribution is 0.157. The predicted molar refractivity (Wildman–Crippen MR) is 113 cm³/mol. The van der Waals surface area contributed by atoms with Crippen molar-refractivity contribution >= 4 is 5.82 Å². The van der Waals surface area contributed by atoms with Crippen molar-refractivity contribution in [2.45, 2.75) is 57.7 Å². The van der Waals surface area contributed by atoms with Crippen LogP contribution in [0.4, 0.5) is 10.2 Å². The third-order valence-corrected chi connectivity index (χ3v) is 5.38. The van der Waals surface area contributed by atoms with Crippen molar-refractivity contribution in [2.75, 3.05) is 25.2 Å². The quantitative estimate of drug-likeness (QED) is 0.763. The zero-order valence-corrected chi connectivity index (χ0v) is 17.9. The van der Waals surface area contributed by atoms with Gasteiger partial charge in [-0.05, 0) is 58.7 Å². The van der Waals surface area contributed by atoms with E-state index >= 15 is 0 Å². The molecule has 1 aliphatic heterocycles. The number of ether oxygens (including phenoxy) is 1. The molecule has 1 aromatic carbocycles. The summed E-state index contributed by atoms with van der Waals surface area (Å²) < 4.78 is 19.1. The number of rotatable bonds is 6. The molecule has 0 spiro atoms. The average molecular weight is 403 g/mol. The highest BCUT2D eigenvalue weighted by Gasteiger charge is 2.40. The molecule has 2 N–H and O–H groups in total. The van der Waals surface area contributed by atoms with Gasteiger partial charge in [0.15, 0.2) is 5.82 Å². The molecule has 0 bridgehead atoms. The lowest BCUT2D eigenvalue weighted by atomic mass is 9.79. The highest BCUT2D eigenvalue weighted by atomic mass is 19.1. The molecule has 0 aliphatic carbocycles. The molecule has 2 aromatic rings. The van der Waals surface area contributed by atoms with Gasteiger partial charge < -0.3 is 20.1 Å². The van der Waals surface area contributed by atoms with E-state index in [0.29, 0.717) is 11.6 Å². The summed E-state index contributed by atoms with van der Waals surface area (Å²) in [4.78, 5) is 2.04. The summed E-state index contributed by atoms with van der Waals surface area (Å²) in [5.41, 5.74) is 1.42. The lowest BCUT2D eigenvalue weighted by Crippen LogP contribution is -2.62. The van der Waals surface area contributed by atoms with Crippen LogP contribution >= 0.6 is 0 Å². The molecule has 1 aromatic heterocycles. The minimum absolute atomic E-state index is 0.0838. The third-order valence-electron chi connectivity index (χ3n) is 5.38. The highest BCUT2D eigenvalue weighted by Crippen LogP contribution is 2.40. The maximum Gasteiger partial charge on any atom is 0.159 e. The van der Waals surface area contributed by atoms with Crippen LogP contribution in [0.25, 0.3) is 11.1 Å². The molecule has 1 saturated heterocycles. The maximum atomic E-state index is 13.6. The van der Waals surface area contributed by atoms with Crippen LogP contribution in [0.15, 0.2) is 30.5 Å². The highest BCUT2D eigenvalue weighted by molar-refractivity contribution is 5.80. The minimum atomic E-state index is -0.479. The smallest absolute Gasteiger partial charge is 0.159 e. The van der Waals surface area contributed by atoms with Crippen molar-refractivity contribution in [3.8, 4) is 22.6 Å². The van der Waals surface area contributed by atoms with Crippen LogP contribution in [-0.4, -0.2) is 52.8 Å². The topological polar surface area (TPSA) is 70.5 Å². The number of alkyl halides is 1. The standard InChI is InChI=1S/C22H31FN4O2/c1-21(2)13-15(14-22(3,4)26-21)27(11-9-23)20-18(8-10-24-25-20)17-7-6-16(28)12-19(17)29-5/h6-8,10,12,15,26,28H,9,11,13-14H2,1-5H3. The minimum Gasteiger partial charge on any atom is -0.508 e. The Morgan fingerprint density at radius 2 is 1.86 bits per heavy atom. The second-order valence-electron chi connectivity index (χ2n) is 8.99. The Hall–Kier alpha value is -2.41. The van der Waals surface area contributed by atoms with E-state index in [9.17, 15) is 9.50 Å². The first kappa shape index (κ1) is 21.3. The van der Waals surface area contributed by atoms with Crippen LogP contribution in [-0.2, 0) is 0 Å². The fraction of sp³-hybridized carbons (Fsp3) is 0.545. The maximum absolute atomic E-state index is 13.6. The zero-order chi connectivity index (χ0) is 21.2. The number of aromatic hydroxyl groups is 1. The second kappa shape index (κ2) is 8.14. The Morgan fingerprint density at radius 1 is 1.17 bits per heavy atom. The van der Waals surface area contributed by atoms with Crippen molar-refractivity contribution in [3.63, 3.8) is 0 Å². The van der Waals surface area contributed by atoms with Gasteiger partial charge >= 0.3 is 0 Å². The monoisotopic (exact) mass is 402 g/mol. The third kappa shape index (κ3) is 4.78. The van der Waals surface area contributed by atoms with Gasteiger partial charge in [-0.1, -0.05) is 0 Å². The first-order valence-electron chi connectivity index (χ1n) is 9.97. The van der Waals surface area contributed by atoms with Gasteiger partial charge in [0, 0.05) is 40.9 Å². The summed E-state index contributed by atoms with van der Waals surface area (Å²) in [5, 5.41) is 22.0.